The highest BCUT2D eigenvalue weighted by Crippen LogP contribution is 2.23. The Labute approximate surface area is 184 Å². The minimum absolute atomic E-state index is 0.00216. The summed E-state index contributed by atoms with van der Waals surface area (Å²) >= 11 is 0. The van der Waals surface area contributed by atoms with E-state index in [1.165, 1.54) is 18.3 Å². The largest absolute Gasteiger partial charge is 0.353 e. The average molecular weight is 441 g/mol. The SMILES string of the molecule is Cc1cccc(Cc2cc3c(=O)c(C=O)cn(CCOC4CCCCO4)c3cc2F)c1F. The van der Waals surface area contributed by atoms with Crippen molar-refractivity contribution in [2.45, 2.75) is 45.4 Å². The van der Waals surface area contributed by atoms with Gasteiger partial charge in [0.15, 0.2) is 18.0 Å². The number of ether oxygens (including phenoxy) is 2. The van der Waals surface area contributed by atoms with Gasteiger partial charge in [-0.25, -0.2) is 8.78 Å². The van der Waals surface area contributed by atoms with Gasteiger partial charge < -0.3 is 14.0 Å². The van der Waals surface area contributed by atoms with Crippen LogP contribution in [0.2, 0.25) is 0 Å². The number of hydrogen-bond acceptors (Lipinski definition) is 4. The van der Waals surface area contributed by atoms with E-state index in [9.17, 15) is 18.4 Å². The summed E-state index contributed by atoms with van der Waals surface area (Å²) < 4.78 is 42.4. The molecule has 32 heavy (non-hydrogen) atoms. The summed E-state index contributed by atoms with van der Waals surface area (Å²) in [5.41, 5.74) is 0.868. The molecule has 4 rings (SSSR count). The van der Waals surface area contributed by atoms with Crippen LogP contribution in [0.25, 0.3) is 10.9 Å². The molecule has 0 radical (unpaired) electrons. The van der Waals surface area contributed by atoms with E-state index >= 15 is 0 Å². The van der Waals surface area contributed by atoms with Gasteiger partial charge in [-0.15, -0.1) is 0 Å². The van der Waals surface area contributed by atoms with E-state index in [0.29, 0.717) is 42.7 Å². The first-order chi connectivity index (χ1) is 15.5. The third kappa shape index (κ3) is 4.64. The number of aryl methyl sites for hydroxylation is 1. The standard InChI is InChI=1S/C25H25F2NO4/c1-16-5-4-6-17(24(16)27)11-18-12-20-22(13-21(18)26)28(14-19(15-29)25(20)30)8-10-32-23-7-2-3-9-31-23/h4-6,12-15,23H,2-3,7-11H2,1H3. The molecule has 0 aliphatic carbocycles. The topological polar surface area (TPSA) is 57.5 Å². The minimum Gasteiger partial charge on any atom is -0.353 e. The zero-order valence-electron chi connectivity index (χ0n) is 17.9. The third-order valence-corrected chi connectivity index (χ3v) is 5.83. The lowest BCUT2D eigenvalue weighted by atomic mass is 9.99. The molecule has 0 bridgehead atoms. The van der Waals surface area contributed by atoms with E-state index in [0.717, 1.165) is 19.3 Å². The fraction of sp³-hybridized carbons (Fsp3) is 0.360. The quantitative estimate of drug-likeness (QED) is 0.506. The monoisotopic (exact) mass is 441 g/mol. The number of aromatic nitrogens is 1. The fourth-order valence-corrected chi connectivity index (χ4v) is 4.06. The lowest BCUT2D eigenvalue weighted by Crippen LogP contribution is -2.24. The number of rotatable bonds is 7. The van der Waals surface area contributed by atoms with Crippen molar-refractivity contribution in [1.82, 2.24) is 4.57 Å². The van der Waals surface area contributed by atoms with Crippen molar-refractivity contribution < 1.29 is 23.0 Å². The number of aldehydes is 1. The molecule has 1 aliphatic heterocycles. The molecule has 1 unspecified atom stereocenters. The molecule has 2 aromatic carbocycles. The van der Waals surface area contributed by atoms with Crippen LogP contribution in [-0.4, -0.2) is 30.4 Å². The van der Waals surface area contributed by atoms with Gasteiger partial charge in [0.2, 0.25) is 0 Å². The Morgan fingerprint density at radius 1 is 1.22 bits per heavy atom. The molecule has 2 heterocycles. The van der Waals surface area contributed by atoms with E-state index < -0.39 is 17.1 Å². The second-order valence-electron chi connectivity index (χ2n) is 8.08. The first-order valence-corrected chi connectivity index (χ1v) is 10.8. The lowest BCUT2D eigenvalue weighted by Gasteiger charge is -2.23. The van der Waals surface area contributed by atoms with Crippen molar-refractivity contribution in [2.24, 2.45) is 0 Å². The molecule has 1 atom stereocenters. The van der Waals surface area contributed by atoms with Crippen molar-refractivity contribution in [3.8, 4) is 0 Å². The van der Waals surface area contributed by atoms with Crippen molar-refractivity contribution in [1.29, 1.82) is 0 Å². The van der Waals surface area contributed by atoms with Crippen molar-refractivity contribution in [3.05, 3.63) is 80.6 Å². The van der Waals surface area contributed by atoms with Gasteiger partial charge in [-0.3, -0.25) is 9.59 Å². The number of pyridine rings is 1. The Morgan fingerprint density at radius 3 is 2.81 bits per heavy atom. The summed E-state index contributed by atoms with van der Waals surface area (Å²) in [6, 6.07) is 7.64. The number of carbonyl (C=O) groups is 1. The molecule has 3 aromatic rings. The maximum atomic E-state index is 15.0. The second kappa shape index (κ2) is 9.71. The zero-order valence-corrected chi connectivity index (χ0v) is 17.9. The molecule has 1 fully saturated rings. The minimum atomic E-state index is -0.540. The molecular weight excluding hydrogens is 416 g/mol. The number of fused-ring (bicyclic) bond motifs is 1. The number of carbonyl (C=O) groups excluding carboxylic acids is 1. The molecule has 1 aliphatic rings. The van der Waals surface area contributed by atoms with E-state index in [-0.39, 0.29) is 29.2 Å². The number of nitrogens with zero attached hydrogens (tertiary/aromatic N) is 1. The van der Waals surface area contributed by atoms with Gasteiger partial charge in [0, 0.05) is 31.2 Å². The van der Waals surface area contributed by atoms with Crippen LogP contribution in [0, 0.1) is 18.6 Å². The molecule has 168 valence electrons. The van der Waals surface area contributed by atoms with Gasteiger partial charge in [0.1, 0.15) is 11.6 Å². The van der Waals surface area contributed by atoms with Crippen LogP contribution in [0.1, 0.15) is 46.3 Å². The highest BCUT2D eigenvalue weighted by molar-refractivity contribution is 5.86. The first-order valence-electron chi connectivity index (χ1n) is 10.8. The zero-order chi connectivity index (χ0) is 22.7. The third-order valence-electron chi connectivity index (χ3n) is 5.83. The van der Waals surface area contributed by atoms with Crippen molar-refractivity contribution in [2.75, 3.05) is 13.2 Å². The Kier molecular flexibility index (Phi) is 6.77. The van der Waals surface area contributed by atoms with Gasteiger partial charge in [-0.05, 0) is 55.0 Å². The second-order valence-corrected chi connectivity index (χ2v) is 8.08. The van der Waals surface area contributed by atoms with Crippen LogP contribution in [0.4, 0.5) is 8.78 Å². The number of hydrogen-bond donors (Lipinski definition) is 0. The first kappa shape index (κ1) is 22.3. The van der Waals surface area contributed by atoms with Crippen molar-refractivity contribution in [3.63, 3.8) is 0 Å². The predicted octanol–water partition coefficient (Wildman–Crippen LogP) is 4.53. The van der Waals surface area contributed by atoms with Crippen LogP contribution in [0.15, 0.2) is 41.3 Å². The van der Waals surface area contributed by atoms with E-state index in [1.54, 1.807) is 29.7 Å². The molecule has 0 spiro atoms. The van der Waals surface area contributed by atoms with Gasteiger partial charge >= 0.3 is 0 Å². The van der Waals surface area contributed by atoms with Crippen LogP contribution < -0.4 is 5.43 Å². The highest BCUT2D eigenvalue weighted by Gasteiger charge is 2.17. The fourth-order valence-electron chi connectivity index (χ4n) is 4.06. The Balaban J connectivity index is 1.67. The van der Waals surface area contributed by atoms with Crippen LogP contribution in [0.3, 0.4) is 0 Å². The summed E-state index contributed by atoms with van der Waals surface area (Å²) in [5, 5.41) is 0.216. The summed E-state index contributed by atoms with van der Waals surface area (Å²) in [6.07, 6.45) is 4.51. The molecule has 7 heteroatoms. The summed E-state index contributed by atoms with van der Waals surface area (Å²) in [7, 11) is 0. The average Bonchev–Trinajstić information content (AvgIpc) is 2.80. The van der Waals surface area contributed by atoms with Gasteiger partial charge in [0.25, 0.3) is 0 Å². The number of benzene rings is 2. The van der Waals surface area contributed by atoms with Gasteiger partial charge in [0.05, 0.1) is 17.7 Å². The maximum Gasteiger partial charge on any atom is 0.199 e. The van der Waals surface area contributed by atoms with Crippen molar-refractivity contribution >= 4 is 17.2 Å². The van der Waals surface area contributed by atoms with E-state index in [2.05, 4.69) is 0 Å². The van der Waals surface area contributed by atoms with E-state index in [1.807, 2.05) is 0 Å². The number of halogens is 2. The molecule has 0 saturated carbocycles. The van der Waals surface area contributed by atoms with Crippen LogP contribution in [-0.2, 0) is 22.4 Å². The van der Waals surface area contributed by atoms with Gasteiger partial charge in [-0.2, -0.15) is 0 Å². The molecule has 1 saturated heterocycles. The molecule has 1 aromatic heterocycles. The normalized spacial score (nSPS) is 16.4. The lowest BCUT2D eigenvalue weighted by molar-refractivity contribution is -0.163. The summed E-state index contributed by atoms with van der Waals surface area (Å²) in [4.78, 5) is 24.3. The summed E-state index contributed by atoms with van der Waals surface area (Å²) in [6.45, 7) is 2.92. The van der Waals surface area contributed by atoms with Crippen LogP contribution in [0.5, 0.6) is 0 Å². The predicted molar refractivity (Wildman–Crippen MR) is 117 cm³/mol. The Hall–Kier alpha value is -2.90. The summed E-state index contributed by atoms with van der Waals surface area (Å²) in [5.74, 6) is -0.935. The Bertz CT molecular complexity index is 1200. The smallest absolute Gasteiger partial charge is 0.199 e. The van der Waals surface area contributed by atoms with E-state index in [4.69, 9.17) is 9.47 Å². The van der Waals surface area contributed by atoms with Crippen LogP contribution >= 0.6 is 0 Å². The molecule has 0 N–H and O–H groups in total. The molecular formula is C25H25F2NO4. The molecule has 0 amide bonds. The maximum absolute atomic E-state index is 15.0. The molecule has 5 nitrogen and oxygen atoms in total. The Morgan fingerprint density at radius 2 is 2.06 bits per heavy atom. The van der Waals surface area contributed by atoms with Gasteiger partial charge in [-0.1, -0.05) is 18.2 Å². The highest BCUT2D eigenvalue weighted by atomic mass is 19.1.